The minimum absolute atomic E-state index is 0.0583. The molecule has 1 aliphatic heterocycles. The number of nitrogens with zero attached hydrogens (tertiary/aromatic N) is 2. The van der Waals surface area contributed by atoms with Crippen molar-refractivity contribution in [2.24, 2.45) is 4.99 Å². The Morgan fingerprint density at radius 3 is 2.67 bits per heavy atom. The van der Waals surface area contributed by atoms with Crippen molar-refractivity contribution in [1.82, 2.24) is 4.57 Å². The zero-order valence-electron chi connectivity index (χ0n) is 20.8. The largest absolute Gasteiger partial charge is 0.508 e. The van der Waals surface area contributed by atoms with Gasteiger partial charge in [0.1, 0.15) is 5.75 Å². The van der Waals surface area contributed by atoms with Crippen molar-refractivity contribution in [1.29, 1.82) is 0 Å². The standard InChI is InChI=1S/C27H28N2O6S/c1-6-34-26(32)23-16(4)28-27-29(25(31)22(36-27)13-17-8-7-9-19(30)12-17)24(23)18-10-11-20(35-15(2)3)21(14-18)33-5/h7-15,24,30H,6H2,1-5H3. The molecule has 0 radical (unpaired) electrons. The second-order valence-electron chi connectivity index (χ2n) is 8.47. The Bertz CT molecular complexity index is 1520. The van der Waals surface area contributed by atoms with Gasteiger partial charge >= 0.3 is 5.97 Å². The van der Waals surface area contributed by atoms with Gasteiger partial charge in [0.15, 0.2) is 16.3 Å². The lowest BCUT2D eigenvalue weighted by Gasteiger charge is -2.25. The van der Waals surface area contributed by atoms with E-state index >= 15 is 0 Å². The number of carbonyl (C=O) groups is 1. The number of benzene rings is 2. The van der Waals surface area contributed by atoms with Crippen molar-refractivity contribution in [3.63, 3.8) is 0 Å². The highest BCUT2D eigenvalue weighted by molar-refractivity contribution is 7.07. The number of rotatable bonds is 7. The summed E-state index contributed by atoms with van der Waals surface area (Å²) in [4.78, 5) is 31.8. The van der Waals surface area contributed by atoms with E-state index < -0.39 is 12.0 Å². The maximum atomic E-state index is 13.7. The lowest BCUT2D eigenvalue weighted by Crippen LogP contribution is -2.40. The summed E-state index contributed by atoms with van der Waals surface area (Å²) in [5.74, 6) is 0.616. The number of fused-ring (bicyclic) bond motifs is 1. The molecule has 8 nitrogen and oxygen atoms in total. The third kappa shape index (κ3) is 4.92. The van der Waals surface area contributed by atoms with E-state index in [1.165, 1.54) is 15.9 Å². The average molecular weight is 509 g/mol. The van der Waals surface area contributed by atoms with Gasteiger partial charge in [-0.1, -0.05) is 29.5 Å². The molecule has 2 heterocycles. The Kier molecular flexibility index (Phi) is 7.30. The first-order chi connectivity index (χ1) is 17.2. The lowest BCUT2D eigenvalue weighted by molar-refractivity contribution is -0.139. The Balaban J connectivity index is 1.95. The number of ether oxygens (including phenoxy) is 3. The number of phenols is 1. The third-order valence-corrected chi connectivity index (χ3v) is 6.53. The van der Waals surface area contributed by atoms with Gasteiger partial charge in [0, 0.05) is 0 Å². The van der Waals surface area contributed by atoms with Crippen LogP contribution in [0, 0.1) is 0 Å². The summed E-state index contributed by atoms with van der Waals surface area (Å²) in [5.41, 5.74) is 1.79. The van der Waals surface area contributed by atoms with Crippen LogP contribution in [0.5, 0.6) is 17.2 Å². The van der Waals surface area contributed by atoms with Gasteiger partial charge in [0.25, 0.3) is 5.56 Å². The van der Waals surface area contributed by atoms with Gasteiger partial charge in [-0.3, -0.25) is 9.36 Å². The van der Waals surface area contributed by atoms with Gasteiger partial charge in [-0.15, -0.1) is 0 Å². The normalized spacial score (nSPS) is 15.5. The maximum Gasteiger partial charge on any atom is 0.338 e. The molecule has 0 spiro atoms. The molecule has 2 aromatic carbocycles. The number of aromatic hydroxyl groups is 1. The van der Waals surface area contributed by atoms with Crippen LogP contribution in [-0.4, -0.2) is 35.5 Å². The molecule has 36 heavy (non-hydrogen) atoms. The molecule has 0 bridgehead atoms. The van der Waals surface area contributed by atoms with E-state index in [1.54, 1.807) is 63.4 Å². The molecule has 1 aliphatic rings. The van der Waals surface area contributed by atoms with Gasteiger partial charge in [-0.05, 0) is 69.2 Å². The predicted molar refractivity (Wildman–Crippen MR) is 137 cm³/mol. The van der Waals surface area contributed by atoms with E-state index in [2.05, 4.69) is 4.99 Å². The number of methoxy groups -OCH3 is 1. The van der Waals surface area contributed by atoms with Crippen LogP contribution in [0.1, 0.15) is 44.9 Å². The summed E-state index contributed by atoms with van der Waals surface area (Å²) >= 11 is 1.22. The fourth-order valence-corrected chi connectivity index (χ4v) is 5.13. The summed E-state index contributed by atoms with van der Waals surface area (Å²) in [7, 11) is 1.54. The molecule has 1 atom stereocenters. The molecule has 0 fully saturated rings. The fraction of sp³-hybridized carbons (Fsp3) is 0.296. The molecule has 0 saturated heterocycles. The van der Waals surface area contributed by atoms with E-state index in [-0.39, 0.29) is 29.6 Å². The van der Waals surface area contributed by atoms with E-state index in [1.807, 2.05) is 19.9 Å². The highest BCUT2D eigenvalue weighted by Gasteiger charge is 2.34. The number of carbonyl (C=O) groups excluding carboxylic acids is 1. The molecule has 1 unspecified atom stereocenters. The quantitative estimate of drug-likeness (QED) is 0.492. The van der Waals surface area contributed by atoms with Crippen molar-refractivity contribution in [3.8, 4) is 17.2 Å². The van der Waals surface area contributed by atoms with E-state index in [0.29, 0.717) is 37.7 Å². The van der Waals surface area contributed by atoms with Crippen LogP contribution < -0.4 is 24.4 Å². The Hall–Kier alpha value is -3.85. The predicted octanol–water partition coefficient (Wildman–Crippen LogP) is 3.30. The Morgan fingerprint density at radius 2 is 2.00 bits per heavy atom. The molecule has 1 N–H and O–H groups in total. The monoisotopic (exact) mass is 508 g/mol. The van der Waals surface area contributed by atoms with Gasteiger partial charge in [-0.2, -0.15) is 0 Å². The number of esters is 1. The van der Waals surface area contributed by atoms with Gasteiger partial charge < -0.3 is 19.3 Å². The van der Waals surface area contributed by atoms with Crippen molar-refractivity contribution in [2.75, 3.05) is 13.7 Å². The highest BCUT2D eigenvalue weighted by Crippen LogP contribution is 2.36. The van der Waals surface area contributed by atoms with Gasteiger partial charge in [0.05, 0.1) is 41.7 Å². The second kappa shape index (κ2) is 10.4. The number of phenolic OH excluding ortho intramolecular Hbond substituents is 1. The van der Waals surface area contributed by atoms with E-state index in [4.69, 9.17) is 14.2 Å². The third-order valence-electron chi connectivity index (χ3n) is 5.55. The van der Waals surface area contributed by atoms with Crippen LogP contribution >= 0.6 is 11.3 Å². The summed E-state index contributed by atoms with van der Waals surface area (Å²) in [6, 6.07) is 11.2. The average Bonchev–Trinajstić information content (AvgIpc) is 3.12. The first-order valence-corrected chi connectivity index (χ1v) is 12.4. The minimum Gasteiger partial charge on any atom is -0.508 e. The van der Waals surface area contributed by atoms with E-state index in [9.17, 15) is 14.7 Å². The molecular weight excluding hydrogens is 480 g/mol. The first kappa shape index (κ1) is 25.2. The smallest absolute Gasteiger partial charge is 0.338 e. The van der Waals surface area contributed by atoms with Crippen LogP contribution in [-0.2, 0) is 9.53 Å². The Labute approximate surface area is 212 Å². The number of thiazole rings is 1. The second-order valence-corrected chi connectivity index (χ2v) is 9.48. The van der Waals surface area contributed by atoms with Crippen molar-refractivity contribution in [2.45, 2.75) is 39.8 Å². The number of allylic oxidation sites excluding steroid dienone is 1. The zero-order chi connectivity index (χ0) is 26.0. The van der Waals surface area contributed by atoms with Crippen LogP contribution in [0.15, 0.2) is 63.5 Å². The first-order valence-electron chi connectivity index (χ1n) is 11.6. The SMILES string of the molecule is CCOC(=O)C1=C(C)N=c2sc(=Cc3cccc(O)c3)c(=O)n2C1c1ccc(OC(C)C)c(OC)c1. The summed E-state index contributed by atoms with van der Waals surface area (Å²) in [6.45, 7) is 7.49. The van der Waals surface area contributed by atoms with Crippen LogP contribution in [0.3, 0.4) is 0 Å². The highest BCUT2D eigenvalue weighted by atomic mass is 32.1. The molecule has 9 heteroatoms. The molecule has 4 rings (SSSR count). The summed E-state index contributed by atoms with van der Waals surface area (Å²) in [5, 5.41) is 9.82. The van der Waals surface area contributed by atoms with Crippen molar-refractivity contribution in [3.05, 3.63) is 84.5 Å². The molecule has 188 valence electrons. The van der Waals surface area contributed by atoms with Crippen LogP contribution in [0.2, 0.25) is 0 Å². The van der Waals surface area contributed by atoms with Crippen molar-refractivity contribution < 1.29 is 24.1 Å². The summed E-state index contributed by atoms with van der Waals surface area (Å²) < 4.78 is 18.7. The molecule has 0 amide bonds. The summed E-state index contributed by atoms with van der Waals surface area (Å²) in [6.07, 6.45) is 1.64. The zero-order valence-corrected chi connectivity index (χ0v) is 21.6. The van der Waals surface area contributed by atoms with Crippen LogP contribution in [0.4, 0.5) is 0 Å². The number of aromatic nitrogens is 1. The number of hydrogen-bond donors (Lipinski definition) is 1. The lowest BCUT2D eigenvalue weighted by atomic mass is 9.95. The van der Waals surface area contributed by atoms with Crippen LogP contribution in [0.25, 0.3) is 6.08 Å². The van der Waals surface area contributed by atoms with Crippen molar-refractivity contribution >= 4 is 23.4 Å². The van der Waals surface area contributed by atoms with Gasteiger partial charge in [0.2, 0.25) is 0 Å². The number of hydrogen-bond acceptors (Lipinski definition) is 8. The minimum atomic E-state index is -0.770. The fourth-order valence-electron chi connectivity index (χ4n) is 4.08. The van der Waals surface area contributed by atoms with Gasteiger partial charge in [-0.25, -0.2) is 9.79 Å². The molecule has 0 saturated carbocycles. The topological polar surface area (TPSA) is 99.4 Å². The molecular formula is C27H28N2O6S. The Morgan fingerprint density at radius 1 is 1.22 bits per heavy atom. The van der Waals surface area contributed by atoms with E-state index in [0.717, 1.165) is 0 Å². The maximum absolute atomic E-state index is 13.7. The molecule has 3 aromatic rings. The molecule has 0 aliphatic carbocycles. The molecule has 1 aromatic heterocycles.